The molecule has 1 amide bonds. The summed E-state index contributed by atoms with van der Waals surface area (Å²) in [7, 11) is 0. The van der Waals surface area contributed by atoms with E-state index in [4.69, 9.17) is 0 Å². The summed E-state index contributed by atoms with van der Waals surface area (Å²) in [5.41, 5.74) is 1.68. The number of aromatic nitrogens is 2. The van der Waals surface area contributed by atoms with Crippen molar-refractivity contribution in [2.45, 2.75) is 39.8 Å². The lowest BCUT2D eigenvalue weighted by Crippen LogP contribution is -2.38. The summed E-state index contributed by atoms with van der Waals surface area (Å²) >= 11 is 0. The fourth-order valence-corrected chi connectivity index (χ4v) is 2.54. The summed E-state index contributed by atoms with van der Waals surface area (Å²) in [6.45, 7) is 7.76. The van der Waals surface area contributed by atoms with E-state index in [1.807, 2.05) is 55.1 Å². The molecule has 0 radical (unpaired) electrons. The van der Waals surface area contributed by atoms with Gasteiger partial charge in [0.15, 0.2) is 5.96 Å². The molecule has 2 aromatic rings. The third-order valence-electron chi connectivity index (χ3n) is 3.90. The molecule has 1 heterocycles. The summed E-state index contributed by atoms with van der Waals surface area (Å²) in [4.78, 5) is 16.7. The second kappa shape index (κ2) is 11.7. The normalized spacial score (nSPS) is 11.3. The van der Waals surface area contributed by atoms with Crippen molar-refractivity contribution in [3.8, 4) is 0 Å². The predicted molar refractivity (Wildman–Crippen MR) is 109 cm³/mol. The minimum atomic E-state index is -0.0358. The van der Waals surface area contributed by atoms with Gasteiger partial charge in [0.05, 0.1) is 6.54 Å². The number of benzene rings is 1. The van der Waals surface area contributed by atoms with Gasteiger partial charge in [0, 0.05) is 44.1 Å². The molecule has 0 saturated heterocycles. The molecule has 0 unspecified atom stereocenters. The highest BCUT2D eigenvalue weighted by molar-refractivity contribution is 5.94. The molecule has 3 N–H and O–H groups in total. The molecule has 0 saturated carbocycles. The zero-order valence-corrected chi connectivity index (χ0v) is 16.2. The van der Waals surface area contributed by atoms with Crippen LogP contribution in [-0.2, 0) is 13.1 Å². The zero-order chi connectivity index (χ0) is 19.3. The van der Waals surface area contributed by atoms with Gasteiger partial charge in [0.1, 0.15) is 0 Å². The van der Waals surface area contributed by atoms with E-state index in [2.05, 4.69) is 26.0 Å². The fraction of sp³-hybridized carbons (Fsp3) is 0.450. The first-order valence-electron chi connectivity index (χ1n) is 9.59. The van der Waals surface area contributed by atoms with Crippen molar-refractivity contribution in [2.24, 2.45) is 4.99 Å². The Morgan fingerprint density at radius 1 is 1.15 bits per heavy atom. The third kappa shape index (κ3) is 7.52. The van der Waals surface area contributed by atoms with Crippen molar-refractivity contribution in [3.05, 3.63) is 53.9 Å². The standard InChI is InChI=1S/C20H30N6O/c1-3-10-22-19(27)18-9-5-8-17(15-18)16-24-20(21-4-2)23-11-6-13-26-14-7-12-25-26/h5,7-9,12,14-15H,3-4,6,10-11,13,16H2,1-2H3,(H,22,27)(H2,21,23,24). The van der Waals surface area contributed by atoms with E-state index >= 15 is 0 Å². The van der Waals surface area contributed by atoms with Crippen LogP contribution in [0, 0.1) is 0 Å². The van der Waals surface area contributed by atoms with Crippen LogP contribution in [0.1, 0.15) is 42.6 Å². The Labute approximate surface area is 161 Å². The summed E-state index contributed by atoms with van der Waals surface area (Å²) in [6.07, 6.45) is 5.63. The fourth-order valence-electron chi connectivity index (χ4n) is 2.54. The van der Waals surface area contributed by atoms with E-state index in [1.54, 1.807) is 6.20 Å². The molecule has 1 aromatic carbocycles. The zero-order valence-electron chi connectivity index (χ0n) is 16.2. The number of nitrogens with zero attached hydrogens (tertiary/aromatic N) is 3. The molecule has 0 atom stereocenters. The van der Waals surface area contributed by atoms with Crippen LogP contribution >= 0.6 is 0 Å². The number of guanidine groups is 1. The number of carbonyl (C=O) groups excluding carboxylic acids is 1. The van der Waals surface area contributed by atoms with Crippen LogP contribution in [0.15, 0.2) is 47.7 Å². The highest BCUT2D eigenvalue weighted by atomic mass is 16.1. The maximum absolute atomic E-state index is 12.1. The number of amides is 1. The Kier molecular flexibility index (Phi) is 8.89. The molecule has 0 spiro atoms. The molecule has 1 aromatic heterocycles. The summed E-state index contributed by atoms with van der Waals surface area (Å²) in [6, 6.07) is 9.54. The summed E-state index contributed by atoms with van der Waals surface area (Å²) < 4.78 is 1.92. The van der Waals surface area contributed by atoms with Gasteiger partial charge in [-0.15, -0.1) is 0 Å². The number of hydrogen-bond donors (Lipinski definition) is 3. The number of carbonyl (C=O) groups is 1. The Hall–Kier alpha value is -2.83. The van der Waals surface area contributed by atoms with E-state index in [0.717, 1.165) is 44.0 Å². The lowest BCUT2D eigenvalue weighted by molar-refractivity contribution is 0.0953. The molecule has 27 heavy (non-hydrogen) atoms. The predicted octanol–water partition coefficient (Wildman–Crippen LogP) is 2.17. The Bertz CT molecular complexity index is 711. The van der Waals surface area contributed by atoms with Crippen molar-refractivity contribution in [1.29, 1.82) is 0 Å². The molecule has 0 aliphatic rings. The van der Waals surface area contributed by atoms with Crippen LogP contribution in [0.3, 0.4) is 0 Å². The van der Waals surface area contributed by atoms with Gasteiger partial charge in [-0.25, -0.2) is 4.99 Å². The molecular formula is C20H30N6O. The van der Waals surface area contributed by atoms with E-state index in [0.29, 0.717) is 18.7 Å². The topological polar surface area (TPSA) is 83.3 Å². The van der Waals surface area contributed by atoms with Gasteiger partial charge >= 0.3 is 0 Å². The van der Waals surface area contributed by atoms with E-state index in [1.165, 1.54) is 0 Å². The van der Waals surface area contributed by atoms with Gasteiger partial charge in [-0.05, 0) is 43.5 Å². The highest BCUT2D eigenvalue weighted by Crippen LogP contribution is 2.07. The first-order chi connectivity index (χ1) is 13.2. The average Bonchev–Trinajstić information content (AvgIpc) is 3.21. The third-order valence-corrected chi connectivity index (χ3v) is 3.90. The molecule has 7 heteroatoms. The van der Waals surface area contributed by atoms with Gasteiger partial charge in [0.2, 0.25) is 0 Å². The lowest BCUT2D eigenvalue weighted by atomic mass is 10.1. The molecule has 0 aliphatic heterocycles. The minimum Gasteiger partial charge on any atom is -0.357 e. The Balaban J connectivity index is 1.86. The van der Waals surface area contributed by atoms with Crippen LogP contribution in [0.4, 0.5) is 0 Å². The van der Waals surface area contributed by atoms with Crippen LogP contribution < -0.4 is 16.0 Å². The second-order valence-electron chi connectivity index (χ2n) is 6.20. The van der Waals surface area contributed by atoms with E-state index in [9.17, 15) is 4.79 Å². The van der Waals surface area contributed by atoms with Crippen molar-refractivity contribution in [3.63, 3.8) is 0 Å². The van der Waals surface area contributed by atoms with Crippen molar-refractivity contribution >= 4 is 11.9 Å². The van der Waals surface area contributed by atoms with Crippen molar-refractivity contribution < 1.29 is 4.79 Å². The minimum absolute atomic E-state index is 0.0358. The maximum atomic E-state index is 12.1. The van der Waals surface area contributed by atoms with Crippen molar-refractivity contribution in [1.82, 2.24) is 25.7 Å². The van der Waals surface area contributed by atoms with E-state index < -0.39 is 0 Å². The number of aliphatic imine (C=N–C) groups is 1. The van der Waals surface area contributed by atoms with Crippen LogP contribution in [0.5, 0.6) is 0 Å². The summed E-state index contributed by atoms with van der Waals surface area (Å²) in [5.74, 6) is 0.741. The molecule has 146 valence electrons. The number of nitrogens with one attached hydrogen (secondary N) is 3. The highest BCUT2D eigenvalue weighted by Gasteiger charge is 2.05. The number of rotatable bonds is 10. The Morgan fingerprint density at radius 2 is 2.04 bits per heavy atom. The molecule has 7 nitrogen and oxygen atoms in total. The lowest BCUT2D eigenvalue weighted by Gasteiger charge is -2.11. The number of aryl methyl sites for hydroxylation is 1. The quantitative estimate of drug-likeness (QED) is 0.340. The van der Waals surface area contributed by atoms with Crippen molar-refractivity contribution in [2.75, 3.05) is 19.6 Å². The van der Waals surface area contributed by atoms with Crippen LogP contribution in [0.2, 0.25) is 0 Å². The van der Waals surface area contributed by atoms with Gasteiger partial charge in [0.25, 0.3) is 5.91 Å². The largest absolute Gasteiger partial charge is 0.357 e. The first-order valence-corrected chi connectivity index (χ1v) is 9.59. The Morgan fingerprint density at radius 3 is 2.78 bits per heavy atom. The average molecular weight is 371 g/mol. The first kappa shape index (κ1) is 20.5. The SMILES string of the molecule is CCCNC(=O)c1cccc(CN=C(NCC)NCCCn2cccn2)c1. The molecule has 2 rings (SSSR count). The van der Waals surface area contributed by atoms with E-state index in [-0.39, 0.29) is 5.91 Å². The van der Waals surface area contributed by atoms with Crippen LogP contribution in [0.25, 0.3) is 0 Å². The van der Waals surface area contributed by atoms with Gasteiger partial charge in [-0.2, -0.15) is 5.10 Å². The number of hydrogen-bond acceptors (Lipinski definition) is 3. The van der Waals surface area contributed by atoms with Gasteiger partial charge in [-0.1, -0.05) is 19.1 Å². The molecule has 0 aliphatic carbocycles. The van der Waals surface area contributed by atoms with Gasteiger partial charge in [-0.3, -0.25) is 9.48 Å². The molecule has 0 fully saturated rings. The second-order valence-corrected chi connectivity index (χ2v) is 6.20. The molecular weight excluding hydrogens is 340 g/mol. The van der Waals surface area contributed by atoms with Crippen LogP contribution in [-0.4, -0.2) is 41.3 Å². The smallest absolute Gasteiger partial charge is 0.251 e. The summed E-state index contributed by atoms with van der Waals surface area (Å²) in [5, 5.41) is 13.7. The maximum Gasteiger partial charge on any atom is 0.251 e. The van der Waals surface area contributed by atoms with Gasteiger partial charge < -0.3 is 16.0 Å². The monoisotopic (exact) mass is 370 g/mol. The molecule has 0 bridgehead atoms.